The predicted molar refractivity (Wildman–Crippen MR) is 91.7 cm³/mol. The van der Waals surface area contributed by atoms with Crippen LogP contribution in [0.2, 0.25) is 0 Å². The summed E-state index contributed by atoms with van der Waals surface area (Å²) in [6, 6.07) is 0. The van der Waals surface area contributed by atoms with Gasteiger partial charge in [0.05, 0.1) is 5.69 Å². The van der Waals surface area contributed by atoms with E-state index in [1.807, 2.05) is 11.3 Å². The maximum Gasteiger partial charge on any atom is 0.103 e. The Morgan fingerprint density at radius 3 is 2.75 bits per heavy atom. The van der Waals surface area contributed by atoms with Gasteiger partial charge in [0, 0.05) is 22.4 Å². The van der Waals surface area contributed by atoms with E-state index in [2.05, 4.69) is 30.9 Å². The van der Waals surface area contributed by atoms with E-state index in [-0.39, 0.29) is 0 Å². The molecular weight excluding hydrogens is 284 g/mol. The molecule has 0 radical (unpaired) electrons. The molecule has 1 saturated carbocycles. The van der Waals surface area contributed by atoms with Crippen molar-refractivity contribution in [1.29, 1.82) is 0 Å². The van der Waals surface area contributed by atoms with Gasteiger partial charge in [0.1, 0.15) is 5.01 Å². The van der Waals surface area contributed by atoms with Gasteiger partial charge < -0.3 is 5.32 Å². The number of aryl methyl sites for hydroxylation is 1. The highest BCUT2D eigenvalue weighted by molar-refractivity contribution is 7.99. The zero-order chi connectivity index (χ0) is 14.2. The fourth-order valence-electron chi connectivity index (χ4n) is 2.73. The van der Waals surface area contributed by atoms with Crippen LogP contribution in [0.4, 0.5) is 0 Å². The van der Waals surface area contributed by atoms with E-state index in [0.29, 0.717) is 0 Å². The standard InChI is InChI=1S/C16H28N2S2/c1-3-8-14-15(11-17-4-2)20-16(18-14)12-19-13-9-6-5-7-10-13/h13,17H,3-12H2,1-2H3. The highest BCUT2D eigenvalue weighted by Gasteiger charge is 2.16. The third kappa shape index (κ3) is 5.05. The van der Waals surface area contributed by atoms with Gasteiger partial charge in [-0.25, -0.2) is 4.98 Å². The Kier molecular flexibility index (Phi) is 7.39. The number of rotatable bonds is 8. The summed E-state index contributed by atoms with van der Waals surface area (Å²) in [6.07, 6.45) is 9.47. The first-order valence-corrected chi connectivity index (χ1v) is 9.99. The van der Waals surface area contributed by atoms with E-state index >= 15 is 0 Å². The third-order valence-corrected chi connectivity index (χ3v) is 6.50. The van der Waals surface area contributed by atoms with Crippen LogP contribution < -0.4 is 5.32 Å². The van der Waals surface area contributed by atoms with Crippen LogP contribution in [0, 0.1) is 0 Å². The van der Waals surface area contributed by atoms with Gasteiger partial charge in [0.15, 0.2) is 0 Å². The number of thioether (sulfide) groups is 1. The molecule has 0 bridgehead atoms. The second kappa shape index (κ2) is 9.06. The molecule has 0 amide bonds. The summed E-state index contributed by atoms with van der Waals surface area (Å²) >= 11 is 4.08. The average Bonchev–Trinajstić information content (AvgIpc) is 2.87. The lowest BCUT2D eigenvalue weighted by atomic mass is 10.0. The summed E-state index contributed by atoms with van der Waals surface area (Å²) < 4.78 is 0. The number of nitrogens with zero attached hydrogens (tertiary/aromatic N) is 1. The minimum Gasteiger partial charge on any atom is -0.312 e. The lowest BCUT2D eigenvalue weighted by molar-refractivity contribution is 0.516. The van der Waals surface area contributed by atoms with Gasteiger partial charge in [-0.3, -0.25) is 0 Å². The summed E-state index contributed by atoms with van der Waals surface area (Å²) in [4.78, 5) is 6.36. The molecule has 20 heavy (non-hydrogen) atoms. The minimum atomic E-state index is 0.888. The Morgan fingerprint density at radius 2 is 2.05 bits per heavy atom. The van der Waals surface area contributed by atoms with Crippen molar-refractivity contribution in [3.8, 4) is 0 Å². The number of nitrogens with one attached hydrogen (secondary N) is 1. The molecule has 1 heterocycles. The summed E-state index contributed by atoms with van der Waals surface area (Å²) in [5.41, 5.74) is 1.35. The fourth-order valence-corrected chi connectivity index (χ4v) is 5.16. The van der Waals surface area contributed by atoms with Gasteiger partial charge in [-0.15, -0.1) is 11.3 Å². The largest absolute Gasteiger partial charge is 0.312 e. The number of hydrogen-bond donors (Lipinski definition) is 1. The SMILES string of the molecule is CCCc1nc(CSC2CCCCC2)sc1CNCC. The van der Waals surface area contributed by atoms with Crippen LogP contribution in [0.25, 0.3) is 0 Å². The van der Waals surface area contributed by atoms with Crippen LogP contribution >= 0.6 is 23.1 Å². The molecule has 0 aromatic carbocycles. The molecule has 114 valence electrons. The Labute approximate surface area is 132 Å². The van der Waals surface area contributed by atoms with E-state index in [1.165, 1.54) is 54.1 Å². The Bertz CT molecular complexity index is 384. The zero-order valence-corrected chi connectivity index (χ0v) is 14.5. The summed E-state index contributed by atoms with van der Waals surface area (Å²) in [7, 11) is 0. The molecule has 1 aliphatic rings. The second-order valence-corrected chi connectivity index (χ2v) is 8.04. The normalized spacial score (nSPS) is 16.7. The van der Waals surface area contributed by atoms with Crippen LogP contribution in [0.15, 0.2) is 0 Å². The summed E-state index contributed by atoms with van der Waals surface area (Å²) in [5, 5.41) is 5.68. The molecule has 1 aromatic heterocycles. The van der Waals surface area contributed by atoms with Gasteiger partial charge >= 0.3 is 0 Å². The Balaban J connectivity index is 1.89. The van der Waals surface area contributed by atoms with E-state index < -0.39 is 0 Å². The first-order valence-electron chi connectivity index (χ1n) is 8.13. The quantitative estimate of drug-likeness (QED) is 0.748. The smallest absolute Gasteiger partial charge is 0.103 e. The third-order valence-electron chi connectivity index (χ3n) is 3.84. The van der Waals surface area contributed by atoms with E-state index in [0.717, 1.165) is 30.5 Å². The lowest BCUT2D eigenvalue weighted by Gasteiger charge is -2.20. The van der Waals surface area contributed by atoms with E-state index in [1.54, 1.807) is 0 Å². The van der Waals surface area contributed by atoms with Crippen LogP contribution in [0.5, 0.6) is 0 Å². The van der Waals surface area contributed by atoms with Crippen molar-refractivity contribution in [3.63, 3.8) is 0 Å². The van der Waals surface area contributed by atoms with Crippen molar-refractivity contribution < 1.29 is 0 Å². The van der Waals surface area contributed by atoms with Crippen molar-refractivity contribution in [2.45, 2.75) is 76.3 Å². The summed E-state index contributed by atoms with van der Waals surface area (Å²) in [6.45, 7) is 6.44. The van der Waals surface area contributed by atoms with E-state index in [4.69, 9.17) is 4.98 Å². The van der Waals surface area contributed by atoms with Gasteiger partial charge in [-0.1, -0.05) is 39.5 Å². The molecule has 1 fully saturated rings. The fraction of sp³-hybridized carbons (Fsp3) is 0.812. The van der Waals surface area contributed by atoms with Crippen molar-refractivity contribution >= 4 is 23.1 Å². The number of thiazole rings is 1. The highest BCUT2D eigenvalue weighted by atomic mass is 32.2. The molecule has 2 rings (SSSR count). The lowest BCUT2D eigenvalue weighted by Crippen LogP contribution is -2.11. The zero-order valence-electron chi connectivity index (χ0n) is 12.9. The topological polar surface area (TPSA) is 24.9 Å². The molecule has 0 spiro atoms. The van der Waals surface area contributed by atoms with Gasteiger partial charge in [-0.2, -0.15) is 11.8 Å². The molecular formula is C16H28N2S2. The second-order valence-electron chi connectivity index (χ2n) is 5.58. The molecule has 0 atom stereocenters. The van der Waals surface area contributed by atoms with Crippen molar-refractivity contribution in [2.75, 3.05) is 6.54 Å². The maximum absolute atomic E-state index is 4.89. The predicted octanol–water partition coefficient (Wildman–Crippen LogP) is 4.77. The minimum absolute atomic E-state index is 0.888. The Hall–Kier alpha value is -0.0600. The monoisotopic (exact) mass is 312 g/mol. The van der Waals surface area contributed by atoms with Crippen LogP contribution in [0.1, 0.15) is 68.0 Å². The van der Waals surface area contributed by atoms with Gasteiger partial charge in [0.2, 0.25) is 0 Å². The first-order chi connectivity index (χ1) is 9.83. The molecule has 1 N–H and O–H groups in total. The van der Waals surface area contributed by atoms with E-state index in [9.17, 15) is 0 Å². The number of hydrogen-bond acceptors (Lipinski definition) is 4. The maximum atomic E-state index is 4.89. The first kappa shape index (κ1) is 16.3. The van der Waals surface area contributed by atoms with Crippen LogP contribution in [-0.2, 0) is 18.7 Å². The molecule has 0 saturated heterocycles. The Morgan fingerprint density at radius 1 is 1.25 bits per heavy atom. The van der Waals surface area contributed by atoms with Gasteiger partial charge in [0.25, 0.3) is 0 Å². The number of aromatic nitrogens is 1. The molecule has 1 aliphatic carbocycles. The molecule has 1 aromatic rings. The van der Waals surface area contributed by atoms with Crippen molar-refractivity contribution in [2.24, 2.45) is 0 Å². The molecule has 2 nitrogen and oxygen atoms in total. The molecule has 0 aliphatic heterocycles. The van der Waals surface area contributed by atoms with Crippen LogP contribution in [0.3, 0.4) is 0 Å². The van der Waals surface area contributed by atoms with Crippen LogP contribution in [-0.4, -0.2) is 16.8 Å². The summed E-state index contributed by atoms with van der Waals surface area (Å²) in [5.74, 6) is 1.12. The van der Waals surface area contributed by atoms with Crippen molar-refractivity contribution in [3.05, 3.63) is 15.6 Å². The highest BCUT2D eigenvalue weighted by Crippen LogP contribution is 2.32. The molecule has 4 heteroatoms. The molecule has 0 unspecified atom stereocenters. The van der Waals surface area contributed by atoms with Gasteiger partial charge in [-0.05, 0) is 25.8 Å². The van der Waals surface area contributed by atoms with Crippen molar-refractivity contribution in [1.82, 2.24) is 10.3 Å². The average molecular weight is 313 g/mol.